The first-order valence-electron chi connectivity index (χ1n) is 13.4. The van der Waals surface area contributed by atoms with E-state index in [9.17, 15) is 4.79 Å². The molecule has 3 N–H and O–H groups in total. The van der Waals surface area contributed by atoms with E-state index < -0.39 is 0 Å². The van der Waals surface area contributed by atoms with Crippen molar-refractivity contribution in [3.8, 4) is 0 Å². The van der Waals surface area contributed by atoms with Gasteiger partial charge in [0.2, 0.25) is 0 Å². The highest BCUT2D eigenvalue weighted by molar-refractivity contribution is 6.31. The summed E-state index contributed by atoms with van der Waals surface area (Å²) in [6.45, 7) is 4.75. The van der Waals surface area contributed by atoms with E-state index in [4.69, 9.17) is 17.3 Å². The molecule has 1 heterocycles. The highest BCUT2D eigenvalue weighted by Crippen LogP contribution is 2.48. The van der Waals surface area contributed by atoms with Gasteiger partial charge in [0.25, 0.3) is 5.91 Å². The Morgan fingerprint density at radius 2 is 1.89 bits per heavy atom. The lowest BCUT2D eigenvalue weighted by Crippen LogP contribution is -2.50. The number of anilines is 2. The van der Waals surface area contributed by atoms with Crippen LogP contribution in [-0.2, 0) is 5.41 Å². The molecular formula is C32H34ClN3O. The molecule has 1 saturated heterocycles. The van der Waals surface area contributed by atoms with Crippen molar-refractivity contribution in [2.75, 3.05) is 24.1 Å². The van der Waals surface area contributed by atoms with Crippen molar-refractivity contribution in [1.29, 1.82) is 0 Å². The Bertz CT molecular complexity index is 1350. The van der Waals surface area contributed by atoms with Crippen LogP contribution in [0.1, 0.15) is 65.6 Å². The minimum atomic E-state index is -0.177. The SMILES string of the molecule is C[C@H]1CN(C2CCC(c3ccc(C(=O)Nc4cc(Cl)ccc4N)cc3)C2)CCC12C=Cc1ccccc12. The molecule has 0 bridgehead atoms. The Kier molecular flexibility index (Phi) is 6.34. The van der Waals surface area contributed by atoms with Crippen LogP contribution in [0.2, 0.25) is 5.02 Å². The quantitative estimate of drug-likeness (QED) is 0.367. The van der Waals surface area contributed by atoms with E-state index in [1.165, 1.54) is 42.4 Å². The van der Waals surface area contributed by atoms with E-state index in [-0.39, 0.29) is 11.3 Å². The number of rotatable bonds is 4. The average Bonchev–Trinajstić information content (AvgIpc) is 3.55. The summed E-state index contributed by atoms with van der Waals surface area (Å²) in [6, 6.07) is 22.7. The molecule has 1 aliphatic heterocycles. The zero-order chi connectivity index (χ0) is 25.6. The zero-order valence-corrected chi connectivity index (χ0v) is 22.0. The van der Waals surface area contributed by atoms with Crippen LogP contribution in [0.4, 0.5) is 11.4 Å². The number of fused-ring (bicyclic) bond motifs is 2. The van der Waals surface area contributed by atoms with Gasteiger partial charge in [-0.15, -0.1) is 0 Å². The van der Waals surface area contributed by atoms with E-state index in [1.807, 2.05) is 12.1 Å². The number of allylic oxidation sites excluding steroid dienone is 1. The predicted octanol–water partition coefficient (Wildman–Crippen LogP) is 7.12. The molecule has 0 aromatic heterocycles. The second-order valence-electron chi connectivity index (χ2n) is 11.1. The molecule has 1 spiro atoms. The van der Waals surface area contributed by atoms with Gasteiger partial charge in [0, 0.05) is 28.6 Å². The number of amides is 1. The maximum absolute atomic E-state index is 12.8. The Labute approximate surface area is 224 Å². The second-order valence-corrected chi connectivity index (χ2v) is 11.5. The maximum atomic E-state index is 12.8. The van der Waals surface area contributed by atoms with Gasteiger partial charge in [0.15, 0.2) is 0 Å². The number of carbonyl (C=O) groups excluding carboxylic acids is 1. The molecule has 3 aromatic carbocycles. The van der Waals surface area contributed by atoms with Crippen LogP contribution in [0.3, 0.4) is 0 Å². The van der Waals surface area contributed by atoms with E-state index in [1.54, 1.807) is 18.2 Å². The third-order valence-corrected chi connectivity index (χ3v) is 9.29. The summed E-state index contributed by atoms with van der Waals surface area (Å²) in [5.41, 5.74) is 12.1. The van der Waals surface area contributed by atoms with Crippen LogP contribution >= 0.6 is 11.6 Å². The smallest absolute Gasteiger partial charge is 0.255 e. The van der Waals surface area contributed by atoms with Crippen molar-refractivity contribution >= 4 is 35.0 Å². The van der Waals surface area contributed by atoms with Crippen molar-refractivity contribution < 1.29 is 4.79 Å². The zero-order valence-electron chi connectivity index (χ0n) is 21.3. The van der Waals surface area contributed by atoms with Crippen LogP contribution < -0.4 is 11.1 Å². The molecule has 3 aromatic rings. The summed E-state index contributed by atoms with van der Waals surface area (Å²) in [5.74, 6) is 0.971. The van der Waals surface area contributed by atoms with Gasteiger partial charge in [-0.25, -0.2) is 0 Å². The third-order valence-electron chi connectivity index (χ3n) is 9.05. The maximum Gasteiger partial charge on any atom is 0.255 e. The summed E-state index contributed by atoms with van der Waals surface area (Å²) in [6.07, 6.45) is 9.65. The number of hydrogen-bond donors (Lipinski definition) is 2. The molecule has 3 unspecified atom stereocenters. The first kappa shape index (κ1) is 24.3. The molecule has 37 heavy (non-hydrogen) atoms. The first-order chi connectivity index (χ1) is 17.9. The molecule has 4 nitrogen and oxygen atoms in total. The number of halogens is 1. The largest absolute Gasteiger partial charge is 0.397 e. The van der Waals surface area contributed by atoms with Gasteiger partial charge in [-0.3, -0.25) is 4.79 Å². The first-order valence-corrected chi connectivity index (χ1v) is 13.8. The number of nitrogens with zero attached hydrogens (tertiary/aromatic N) is 1. The number of likely N-dealkylation sites (tertiary alicyclic amines) is 1. The fourth-order valence-corrected chi connectivity index (χ4v) is 7.06. The van der Waals surface area contributed by atoms with Crippen LogP contribution in [0.25, 0.3) is 6.08 Å². The minimum Gasteiger partial charge on any atom is -0.397 e. The van der Waals surface area contributed by atoms with E-state index in [0.717, 1.165) is 13.1 Å². The minimum absolute atomic E-state index is 0.177. The second kappa shape index (κ2) is 9.66. The molecule has 1 amide bonds. The summed E-state index contributed by atoms with van der Waals surface area (Å²) in [4.78, 5) is 15.5. The fourth-order valence-electron chi connectivity index (χ4n) is 6.88. The molecule has 2 aliphatic carbocycles. The van der Waals surface area contributed by atoms with Crippen molar-refractivity contribution in [3.63, 3.8) is 0 Å². The summed E-state index contributed by atoms with van der Waals surface area (Å²) >= 11 is 6.05. The lowest BCUT2D eigenvalue weighted by Gasteiger charge is -2.46. The molecule has 5 heteroatoms. The van der Waals surface area contributed by atoms with Crippen LogP contribution in [0, 0.1) is 5.92 Å². The van der Waals surface area contributed by atoms with E-state index >= 15 is 0 Å². The Morgan fingerprint density at radius 1 is 1.08 bits per heavy atom. The van der Waals surface area contributed by atoms with E-state index in [0.29, 0.717) is 39.8 Å². The molecular weight excluding hydrogens is 478 g/mol. The van der Waals surface area contributed by atoms with Gasteiger partial charge in [0.05, 0.1) is 11.4 Å². The molecule has 4 atom stereocenters. The number of carbonyl (C=O) groups is 1. The van der Waals surface area contributed by atoms with Crippen molar-refractivity contribution in [1.82, 2.24) is 4.90 Å². The molecule has 190 valence electrons. The summed E-state index contributed by atoms with van der Waals surface area (Å²) in [7, 11) is 0. The number of nitrogens with one attached hydrogen (secondary N) is 1. The van der Waals surface area contributed by atoms with Crippen LogP contribution in [0.5, 0.6) is 0 Å². The fraction of sp³-hybridized carbons (Fsp3) is 0.344. The van der Waals surface area contributed by atoms with Crippen molar-refractivity contribution in [3.05, 3.63) is 100 Å². The predicted molar refractivity (Wildman–Crippen MR) is 153 cm³/mol. The van der Waals surface area contributed by atoms with Crippen LogP contribution in [-0.4, -0.2) is 29.9 Å². The van der Waals surface area contributed by atoms with Gasteiger partial charge in [-0.2, -0.15) is 0 Å². The van der Waals surface area contributed by atoms with Gasteiger partial charge < -0.3 is 16.0 Å². The van der Waals surface area contributed by atoms with E-state index in [2.05, 4.69) is 65.7 Å². The van der Waals surface area contributed by atoms with Crippen molar-refractivity contribution in [2.24, 2.45) is 5.92 Å². The molecule has 3 aliphatic rings. The number of piperidine rings is 1. The van der Waals surface area contributed by atoms with Crippen molar-refractivity contribution in [2.45, 2.75) is 50.0 Å². The monoisotopic (exact) mass is 511 g/mol. The van der Waals surface area contributed by atoms with Gasteiger partial charge >= 0.3 is 0 Å². The average molecular weight is 512 g/mol. The Hall–Kier alpha value is -3.08. The molecule has 2 fully saturated rings. The third kappa shape index (κ3) is 4.47. The topological polar surface area (TPSA) is 58.4 Å². The molecule has 0 radical (unpaired) electrons. The lowest BCUT2D eigenvalue weighted by atomic mass is 9.68. The summed E-state index contributed by atoms with van der Waals surface area (Å²) in [5, 5.41) is 3.42. The number of nitrogen functional groups attached to an aromatic ring is 1. The summed E-state index contributed by atoms with van der Waals surface area (Å²) < 4.78 is 0. The number of hydrogen-bond acceptors (Lipinski definition) is 3. The highest BCUT2D eigenvalue weighted by atomic mass is 35.5. The standard InChI is InChI=1S/C32H34ClN3O/c1-21-20-36(17-16-32(21)15-14-23-4-2-3-5-28(23)32)27-12-10-25(18-27)22-6-8-24(9-7-22)31(37)35-30-19-26(33)11-13-29(30)34/h2-9,11,13-15,19,21,25,27H,10,12,16-18,20,34H2,1H3,(H,35,37)/t21-,25?,27?,32?/m0/s1. The van der Waals surface area contributed by atoms with Gasteiger partial charge in [-0.05, 0) is 91.1 Å². The molecule has 6 rings (SSSR count). The highest BCUT2D eigenvalue weighted by Gasteiger charge is 2.45. The normalized spacial score (nSPS) is 26.9. The number of benzene rings is 3. The Balaban J connectivity index is 1.08. The van der Waals surface area contributed by atoms with Gasteiger partial charge in [-0.1, -0.05) is 67.1 Å². The molecule has 1 saturated carbocycles. The van der Waals surface area contributed by atoms with Crippen LogP contribution in [0.15, 0.2) is 72.8 Å². The van der Waals surface area contributed by atoms with Gasteiger partial charge in [0.1, 0.15) is 0 Å². The Morgan fingerprint density at radius 3 is 2.70 bits per heavy atom. The number of nitrogens with two attached hydrogens (primary N) is 1. The lowest BCUT2D eigenvalue weighted by molar-refractivity contribution is 0.0898.